The van der Waals surface area contributed by atoms with E-state index in [9.17, 15) is 9.59 Å². The zero-order valence-corrected chi connectivity index (χ0v) is 16.0. The summed E-state index contributed by atoms with van der Waals surface area (Å²) in [7, 11) is 0. The highest BCUT2D eigenvalue weighted by Gasteiger charge is 2.26. The minimum absolute atomic E-state index is 0.0206. The van der Waals surface area contributed by atoms with Crippen LogP contribution >= 0.6 is 23.2 Å². The van der Waals surface area contributed by atoms with Crippen LogP contribution in [0, 0.1) is 5.92 Å². The van der Waals surface area contributed by atoms with Gasteiger partial charge in [-0.15, -0.1) is 0 Å². The van der Waals surface area contributed by atoms with Gasteiger partial charge >= 0.3 is 0 Å². The molecule has 0 amide bonds. The molecule has 136 valence electrons. The van der Waals surface area contributed by atoms with E-state index < -0.39 is 0 Å². The van der Waals surface area contributed by atoms with E-state index in [0.717, 1.165) is 37.5 Å². The molecule has 1 saturated heterocycles. The summed E-state index contributed by atoms with van der Waals surface area (Å²) < 4.78 is 0. The molecule has 26 heavy (non-hydrogen) atoms. The van der Waals surface area contributed by atoms with E-state index in [0.29, 0.717) is 10.6 Å². The highest BCUT2D eigenvalue weighted by atomic mass is 35.5. The highest BCUT2D eigenvalue weighted by Crippen LogP contribution is 2.22. The maximum Gasteiger partial charge on any atom is 0.170 e. The van der Waals surface area contributed by atoms with Crippen LogP contribution in [0.2, 0.25) is 10.0 Å². The molecule has 2 aromatic carbocycles. The number of benzene rings is 2. The van der Waals surface area contributed by atoms with Gasteiger partial charge in [0.05, 0.1) is 6.42 Å². The normalized spacial score (nSPS) is 15.8. The first kappa shape index (κ1) is 19.1. The Labute approximate surface area is 163 Å². The molecule has 0 N–H and O–H groups in total. The van der Waals surface area contributed by atoms with E-state index in [1.807, 2.05) is 24.3 Å². The van der Waals surface area contributed by atoms with Crippen LogP contribution in [0.15, 0.2) is 48.5 Å². The predicted molar refractivity (Wildman–Crippen MR) is 105 cm³/mol. The van der Waals surface area contributed by atoms with E-state index in [4.69, 9.17) is 23.2 Å². The fraction of sp³-hybridized carbons (Fsp3) is 0.333. The first-order chi connectivity index (χ1) is 12.5. The zero-order valence-electron chi connectivity index (χ0n) is 14.5. The Morgan fingerprint density at radius 3 is 2.00 bits per heavy atom. The molecular weight excluding hydrogens is 369 g/mol. The van der Waals surface area contributed by atoms with Crippen molar-refractivity contribution in [3.63, 3.8) is 0 Å². The number of piperidine rings is 1. The standard InChI is InChI=1S/C21H21Cl2NO2/c22-18-5-1-15(2-6-18)14-24-11-9-17(10-12-24)21(26)13-20(25)16-3-7-19(23)8-4-16/h1-8,17H,9-14H2. The monoisotopic (exact) mass is 389 g/mol. The Bertz CT molecular complexity index is 764. The van der Waals surface area contributed by atoms with E-state index in [2.05, 4.69) is 4.90 Å². The molecule has 5 heteroatoms. The summed E-state index contributed by atoms with van der Waals surface area (Å²) in [6.07, 6.45) is 1.59. The van der Waals surface area contributed by atoms with Gasteiger partial charge in [0.25, 0.3) is 0 Å². The number of Topliss-reactive ketones (excluding diaryl/α,β-unsaturated/α-hetero) is 2. The van der Waals surface area contributed by atoms with Gasteiger partial charge in [-0.05, 0) is 67.9 Å². The van der Waals surface area contributed by atoms with Crippen molar-refractivity contribution in [3.8, 4) is 0 Å². The predicted octanol–water partition coefficient (Wildman–Crippen LogP) is 5.05. The number of halogens is 2. The van der Waals surface area contributed by atoms with Crippen molar-refractivity contribution in [2.45, 2.75) is 25.8 Å². The molecule has 0 saturated carbocycles. The van der Waals surface area contributed by atoms with Gasteiger partial charge < -0.3 is 0 Å². The summed E-state index contributed by atoms with van der Waals surface area (Å²) in [5, 5.41) is 1.32. The molecule has 3 rings (SSSR count). The molecule has 0 aliphatic carbocycles. The molecule has 1 heterocycles. The molecule has 1 aliphatic heterocycles. The lowest BCUT2D eigenvalue weighted by Crippen LogP contribution is -2.36. The van der Waals surface area contributed by atoms with Crippen molar-refractivity contribution in [2.24, 2.45) is 5.92 Å². The molecule has 0 spiro atoms. The Hall–Kier alpha value is -1.68. The second-order valence-electron chi connectivity index (χ2n) is 6.75. The lowest BCUT2D eigenvalue weighted by molar-refractivity contribution is -0.123. The quantitative estimate of drug-likeness (QED) is 0.512. The van der Waals surface area contributed by atoms with Crippen LogP contribution in [0.3, 0.4) is 0 Å². The number of likely N-dealkylation sites (tertiary alicyclic amines) is 1. The van der Waals surface area contributed by atoms with Crippen LogP contribution in [0.5, 0.6) is 0 Å². The smallest absolute Gasteiger partial charge is 0.170 e. The number of hydrogen-bond acceptors (Lipinski definition) is 3. The van der Waals surface area contributed by atoms with Gasteiger partial charge in [-0.3, -0.25) is 14.5 Å². The van der Waals surface area contributed by atoms with Gasteiger partial charge in [0.15, 0.2) is 5.78 Å². The van der Waals surface area contributed by atoms with E-state index >= 15 is 0 Å². The van der Waals surface area contributed by atoms with Crippen molar-refractivity contribution >= 4 is 34.8 Å². The summed E-state index contributed by atoms with van der Waals surface area (Å²) in [6.45, 7) is 2.60. The topological polar surface area (TPSA) is 37.4 Å². The van der Waals surface area contributed by atoms with Gasteiger partial charge in [0, 0.05) is 28.1 Å². The second kappa shape index (κ2) is 8.81. The summed E-state index contributed by atoms with van der Waals surface area (Å²) in [6, 6.07) is 14.6. The minimum Gasteiger partial charge on any atom is -0.299 e. The zero-order chi connectivity index (χ0) is 18.5. The van der Waals surface area contributed by atoms with Crippen LogP contribution in [0.25, 0.3) is 0 Å². The number of carbonyl (C=O) groups is 2. The van der Waals surface area contributed by atoms with Crippen LogP contribution < -0.4 is 0 Å². The Morgan fingerprint density at radius 1 is 0.885 bits per heavy atom. The largest absolute Gasteiger partial charge is 0.299 e. The van der Waals surface area contributed by atoms with E-state index in [-0.39, 0.29) is 23.9 Å². The molecule has 0 radical (unpaired) electrons. The molecule has 2 aromatic rings. The lowest BCUT2D eigenvalue weighted by Gasteiger charge is -2.31. The third-order valence-electron chi connectivity index (χ3n) is 4.86. The summed E-state index contributed by atoms with van der Waals surface area (Å²) in [5.74, 6) is -0.0981. The molecule has 0 bridgehead atoms. The van der Waals surface area contributed by atoms with Crippen molar-refractivity contribution in [1.82, 2.24) is 4.90 Å². The number of ketones is 2. The van der Waals surface area contributed by atoms with Crippen LogP contribution in [0.4, 0.5) is 0 Å². The van der Waals surface area contributed by atoms with Gasteiger partial charge in [-0.2, -0.15) is 0 Å². The van der Waals surface area contributed by atoms with Crippen molar-refractivity contribution in [2.75, 3.05) is 13.1 Å². The first-order valence-corrected chi connectivity index (χ1v) is 9.55. The Balaban J connectivity index is 1.48. The van der Waals surface area contributed by atoms with E-state index in [1.54, 1.807) is 24.3 Å². The average molecular weight is 390 g/mol. The first-order valence-electron chi connectivity index (χ1n) is 8.79. The van der Waals surface area contributed by atoms with Crippen LogP contribution in [0.1, 0.15) is 35.2 Å². The molecule has 1 fully saturated rings. The lowest BCUT2D eigenvalue weighted by atomic mass is 9.89. The minimum atomic E-state index is -0.129. The molecule has 3 nitrogen and oxygen atoms in total. The van der Waals surface area contributed by atoms with Gasteiger partial charge in [-0.25, -0.2) is 0 Å². The summed E-state index contributed by atoms with van der Waals surface area (Å²) in [5.41, 5.74) is 1.76. The van der Waals surface area contributed by atoms with Gasteiger partial charge in [0.2, 0.25) is 0 Å². The van der Waals surface area contributed by atoms with Crippen LogP contribution in [-0.2, 0) is 11.3 Å². The summed E-state index contributed by atoms with van der Waals surface area (Å²) >= 11 is 11.8. The van der Waals surface area contributed by atoms with E-state index in [1.165, 1.54) is 5.56 Å². The van der Waals surface area contributed by atoms with Crippen molar-refractivity contribution < 1.29 is 9.59 Å². The fourth-order valence-corrected chi connectivity index (χ4v) is 3.55. The third-order valence-corrected chi connectivity index (χ3v) is 5.37. The van der Waals surface area contributed by atoms with Crippen LogP contribution in [-0.4, -0.2) is 29.6 Å². The molecule has 0 aromatic heterocycles. The molecular formula is C21H21Cl2NO2. The van der Waals surface area contributed by atoms with Gasteiger partial charge in [0.1, 0.15) is 5.78 Å². The maximum absolute atomic E-state index is 12.5. The van der Waals surface area contributed by atoms with Crippen molar-refractivity contribution in [1.29, 1.82) is 0 Å². The second-order valence-corrected chi connectivity index (χ2v) is 7.62. The number of nitrogens with zero attached hydrogens (tertiary/aromatic N) is 1. The number of hydrogen-bond donors (Lipinski definition) is 0. The summed E-state index contributed by atoms with van der Waals surface area (Å²) in [4.78, 5) is 27.1. The Kier molecular flexibility index (Phi) is 6.47. The SMILES string of the molecule is O=C(CC(=O)C1CCN(Cc2ccc(Cl)cc2)CC1)c1ccc(Cl)cc1. The molecule has 0 unspecified atom stereocenters. The molecule has 0 atom stereocenters. The average Bonchev–Trinajstić information content (AvgIpc) is 2.64. The Morgan fingerprint density at radius 2 is 1.42 bits per heavy atom. The highest BCUT2D eigenvalue weighted by molar-refractivity contribution is 6.30. The van der Waals surface area contributed by atoms with Crippen molar-refractivity contribution in [3.05, 3.63) is 69.7 Å². The molecule has 1 aliphatic rings. The third kappa shape index (κ3) is 5.16. The number of carbonyl (C=O) groups excluding carboxylic acids is 2. The fourth-order valence-electron chi connectivity index (χ4n) is 3.30. The maximum atomic E-state index is 12.5. The number of rotatable bonds is 6. The van der Waals surface area contributed by atoms with Gasteiger partial charge in [-0.1, -0.05) is 35.3 Å².